The molecule has 0 aromatic carbocycles. The summed E-state index contributed by atoms with van der Waals surface area (Å²) in [5.74, 6) is 1.34. The molecule has 0 aromatic heterocycles. The number of hydrogen-bond donors (Lipinski definition) is 2. The summed E-state index contributed by atoms with van der Waals surface area (Å²) < 4.78 is 11.1. The highest BCUT2D eigenvalue weighted by Gasteiger charge is 2.22. The molecule has 0 saturated carbocycles. The van der Waals surface area contributed by atoms with Crippen molar-refractivity contribution in [2.45, 2.75) is 38.6 Å². The van der Waals surface area contributed by atoms with Crippen LogP contribution in [0.2, 0.25) is 0 Å². The van der Waals surface area contributed by atoms with Gasteiger partial charge in [0.05, 0.1) is 0 Å². The molecule has 1 saturated heterocycles. The van der Waals surface area contributed by atoms with Crippen LogP contribution in [-0.2, 0) is 10.8 Å². The fourth-order valence-electron chi connectivity index (χ4n) is 1.59. The second-order valence-electron chi connectivity index (χ2n) is 3.90. The van der Waals surface area contributed by atoms with Gasteiger partial charge in [0.2, 0.25) is 0 Å². The molecule has 0 bridgehead atoms. The van der Waals surface area contributed by atoms with Crippen molar-refractivity contribution in [3.8, 4) is 0 Å². The van der Waals surface area contributed by atoms with E-state index in [2.05, 4.69) is 17.6 Å². The number of carbonyl (C=O) groups excluding carboxylic acids is 1. The Labute approximate surface area is 93.7 Å². The van der Waals surface area contributed by atoms with Gasteiger partial charge in [0.15, 0.2) is 0 Å². The maximum Gasteiger partial charge on any atom is 0.315 e. The SMILES string of the molecule is CCCCCNC(=O)N[C@@H]1CC[S@@](=O)C1. The second kappa shape index (κ2) is 6.82. The van der Waals surface area contributed by atoms with Gasteiger partial charge in [-0.1, -0.05) is 19.8 Å². The van der Waals surface area contributed by atoms with Gasteiger partial charge in [0.25, 0.3) is 0 Å². The van der Waals surface area contributed by atoms with E-state index in [0.717, 1.165) is 38.0 Å². The molecule has 0 radical (unpaired) electrons. The number of unbranched alkanes of at least 4 members (excludes halogenated alkanes) is 2. The lowest BCUT2D eigenvalue weighted by molar-refractivity contribution is 0.238. The molecule has 1 rings (SSSR count). The number of hydrogen-bond acceptors (Lipinski definition) is 2. The molecule has 88 valence electrons. The summed E-state index contributed by atoms with van der Waals surface area (Å²) in [6, 6.07) is -0.00740. The Morgan fingerprint density at radius 2 is 2.27 bits per heavy atom. The van der Waals surface area contributed by atoms with Crippen molar-refractivity contribution in [1.82, 2.24) is 10.6 Å². The first-order chi connectivity index (χ1) is 7.22. The van der Waals surface area contributed by atoms with Crippen molar-refractivity contribution >= 4 is 16.8 Å². The molecule has 15 heavy (non-hydrogen) atoms. The standard InChI is InChI=1S/C10H20N2O2S/c1-2-3-4-6-11-10(13)12-9-5-7-15(14)8-9/h9H,2-8H2,1H3,(H2,11,12,13)/t9-,15-/m1/s1. The second-order valence-corrected chi connectivity index (χ2v) is 5.52. The van der Waals surface area contributed by atoms with Gasteiger partial charge < -0.3 is 10.6 Å². The van der Waals surface area contributed by atoms with Crippen LogP contribution in [0, 0.1) is 0 Å². The van der Waals surface area contributed by atoms with Crippen LogP contribution in [0.25, 0.3) is 0 Å². The van der Waals surface area contributed by atoms with Crippen LogP contribution < -0.4 is 10.6 Å². The van der Waals surface area contributed by atoms with E-state index in [1.165, 1.54) is 0 Å². The van der Waals surface area contributed by atoms with Crippen LogP contribution in [0.4, 0.5) is 4.79 Å². The molecule has 1 aliphatic heterocycles. The quantitative estimate of drug-likeness (QED) is 0.695. The van der Waals surface area contributed by atoms with Crippen molar-refractivity contribution in [1.29, 1.82) is 0 Å². The molecule has 1 heterocycles. The van der Waals surface area contributed by atoms with Crippen molar-refractivity contribution in [3.63, 3.8) is 0 Å². The Hall–Kier alpha value is -0.580. The molecule has 1 aliphatic rings. The van der Waals surface area contributed by atoms with E-state index in [0.29, 0.717) is 5.75 Å². The summed E-state index contributed by atoms with van der Waals surface area (Å²) in [5, 5.41) is 5.65. The first kappa shape index (κ1) is 12.5. The molecule has 0 spiro atoms. The third-order valence-corrected chi connectivity index (χ3v) is 3.95. The van der Waals surface area contributed by atoms with E-state index in [-0.39, 0.29) is 12.1 Å². The molecular weight excluding hydrogens is 212 g/mol. The van der Waals surface area contributed by atoms with E-state index in [9.17, 15) is 9.00 Å². The fraction of sp³-hybridized carbons (Fsp3) is 0.900. The van der Waals surface area contributed by atoms with Gasteiger partial charge in [0, 0.05) is 34.9 Å². The highest BCUT2D eigenvalue weighted by Crippen LogP contribution is 2.06. The maximum absolute atomic E-state index is 11.3. The first-order valence-electron chi connectivity index (χ1n) is 5.61. The van der Waals surface area contributed by atoms with E-state index >= 15 is 0 Å². The minimum absolute atomic E-state index is 0.108. The molecule has 2 amide bonds. The van der Waals surface area contributed by atoms with Gasteiger partial charge in [-0.3, -0.25) is 4.21 Å². The minimum atomic E-state index is -0.721. The summed E-state index contributed by atoms with van der Waals surface area (Å²) in [6.07, 6.45) is 4.17. The summed E-state index contributed by atoms with van der Waals surface area (Å²) in [4.78, 5) is 11.3. The molecular formula is C10H20N2O2S. The highest BCUT2D eigenvalue weighted by molar-refractivity contribution is 7.85. The van der Waals surface area contributed by atoms with Crippen LogP contribution in [-0.4, -0.2) is 34.3 Å². The average Bonchev–Trinajstić information content (AvgIpc) is 2.59. The lowest BCUT2D eigenvalue weighted by atomic mass is 10.2. The number of urea groups is 1. The molecule has 4 nitrogen and oxygen atoms in total. The zero-order valence-electron chi connectivity index (χ0n) is 9.25. The van der Waals surface area contributed by atoms with Crippen LogP contribution >= 0.6 is 0 Å². The van der Waals surface area contributed by atoms with Gasteiger partial charge in [-0.25, -0.2) is 4.79 Å². The minimum Gasteiger partial charge on any atom is -0.338 e. The van der Waals surface area contributed by atoms with Gasteiger partial charge in [-0.2, -0.15) is 0 Å². The summed E-state index contributed by atoms with van der Waals surface area (Å²) in [5.41, 5.74) is 0. The maximum atomic E-state index is 11.3. The molecule has 0 aliphatic carbocycles. The summed E-state index contributed by atoms with van der Waals surface area (Å²) in [7, 11) is -0.721. The Morgan fingerprint density at radius 3 is 2.87 bits per heavy atom. The number of nitrogens with one attached hydrogen (secondary N) is 2. The first-order valence-corrected chi connectivity index (χ1v) is 7.10. The van der Waals surface area contributed by atoms with E-state index in [1.807, 2.05) is 0 Å². The molecule has 0 unspecified atom stereocenters. The van der Waals surface area contributed by atoms with Crippen LogP contribution in [0.1, 0.15) is 32.6 Å². The van der Waals surface area contributed by atoms with Crippen molar-refractivity contribution in [3.05, 3.63) is 0 Å². The molecule has 0 aromatic rings. The zero-order valence-corrected chi connectivity index (χ0v) is 10.1. The van der Waals surface area contributed by atoms with Crippen molar-refractivity contribution in [2.24, 2.45) is 0 Å². The Balaban J connectivity index is 2.05. The van der Waals surface area contributed by atoms with Crippen LogP contribution in [0.3, 0.4) is 0 Å². The van der Waals surface area contributed by atoms with E-state index in [4.69, 9.17) is 0 Å². The Kier molecular flexibility index (Phi) is 5.68. The molecule has 2 N–H and O–H groups in total. The normalized spacial score (nSPS) is 25.1. The number of rotatable bonds is 5. The van der Waals surface area contributed by atoms with Crippen molar-refractivity contribution in [2.75, 3.05) is 18.1 Å². The Bertz CT molecular complexity index is 233. The van der Waals surface area contributed by atoms with Crippen LogP contribution in [0.5, 0.6) is 0 Å². The van der Waals surface area contributed by atoms with Gasteiger partial charge in [-0.15, -0.1) is 0 Å². The molecule has 2 atom stereocenters. The summed E-state index contributed by atoms with van der Waals surface area (Å²) >= 11 is 0. The predicted molar refractivity (Wildman–Crippen MR) is 62.3 cm³/mol. The van der Waals surface area contributed by atoms with Crippen LogP contribution in [0.15, 0.2) is 0 Å². The highest BCUT2D eigenvalue weighted by atomic mass is 32.2. The smallest absolute Gasteiger partial charge is 0.315 e. The third kappa shape index (κ3) is 5.16. The van der Waals surface area contributed by atoms with E-state index < -0.39 is 10.8 Å². The summed E-state index contributed by atoms with van der Waals surface area (Å²) in [6.45, 7) is 2.86. The monoisotopic (exact) mass is 232 g/mol. The largest absolute Gasteiger partial charge is 0.338 e. The number of amides is 2. The topological polar surface area (TPSA) is 58.2 Å². The molecule has 1 fully saturated rings. The lowest BCUT2D eigenvalue weighted by Gasteiger charge is -2.11. The van der Waals surface area contributed by atoms with Gasteiger partial charge in [0.1, 0.15) is 0 Å². The fourth-order valence-corrected chi connectivity index (χ4v) is 3.00. The van der Waals surface area contributed by atoms with Gasteiger partial charge >= 0.3 is 6.03 Å². The van der Waals surface area contributed by atoms with Crippen molar-refractivity contribution < 1.29 is 9.00 Å². The average molecular weight is 232 g/mol. The third-order valence-electron chi connectivity index (χ3n) is 2.48. The van der Waals surface area contributed by atoms with Gasteiger partial charge in [-0.05, 0) is 12.8 Å². The lowest BCUT2D eigenvalue weighted by Crippen LogP contribution is -2.42. The van der Waals surface area contributed by atoms with E-state index in [1.54, 1.807) is 0 Å². The Morgan fingerprint density at radius 1 is 1.47 bits per heavy atom. The number of carbonyl (C=O) groups is 1. The predicted octanol–water partition coefficient (Wildman–Crippen LogP) is 0.997. The zero-order chi connectivity index (χ0) is 11.1. The molecule has 5 heteroatoms.